The zero-order valence-corrected chi connectivity index (χ0v) is 16.7. The van der Waals surface area contributed by atoms with E-state index in [4.69, 9.17) is 16.3 Å². The van der Waals surface area contributed by atoms with Crippen LogP contribution < -0.4 is 9.46 Å². The molecular formula is C20H18ClNO3S2. The summed E-state index contributed by atoms with van der Waals surface area (Å²) in [6.07, 6.45) is 0. The molecule has 0 aliphatic rings. The molecule has 3 aromatic carbocycles. The van der Waals surface area contributed by atoms with Gasteiger partial charge in [0.15, 0.2) is 0 Å². The van der Waals surface area contributed by atoms with E-state index in [1.165, 1.54) is 12.1 Å². The second kappa shape index (κ2) is 9.28. The number of para-hydroxylation sites is 1. The molecule has 0 saturated heterocycles. The number of rotatable bonds is 8. The lowest BCUT2D eigenvalue weighted by Gasteiger charge is -2.09. The summed E-state index contributed by atoms with van der Waals surface area (Å²) in [6.45, 7) is 0.331. The normalized spacial score (nSPS) is 11.3. The van der Waals surface area contributed by atoms with Gasteiger partial charge in [-0.25, -0.2) is 13.1 Å². The van der Waals surface area contributed by atoms with Gasteiger partial charge in [-0.1, -0.05) is 29.8 Å². The third-order valence-corrected chi connectivity index (χ3v) is 6.33. The monoisotopic (exact) mass is 419 g/mol. The lowest BCUT2D eigenvalue weighted by Crippen LogP contribution is -2.25. The number of benzene rings is 3. The van der Waals surface area contributed by atoms with E-state index < -0.39 is 10.0 Å². The van der Waals surface area contributed by atoms with Crippen molar-refractivity contribution >= 4 is 33.4 Å². The Balaban J connectivity index is 1.52. The molecule has 0 spiro atoms. The molecule has 0 fully saturated rings. The average molecular weight is 420 g/mol. The molecular weight excluding hydrogens is 402 g/mol. The summed E-state index contributed by atoms with van der Waals surface area (Å²) in [7, 11) is -3.55. The lowest BCUT2D eigenvalue weighted by molar-refractivity contribution is 0.482. The summed E-state index contributed by atoms with van der Waals surface area (Å²) in [6, 6.07) is 23.1. The van der Waals surface area contributed by atoms with Crippen molar-refractivity contribution in [2.45, 2.75) is 9.79 Å². The van der Waals surface area contributed by atoms with Crippen LogP contribution in [-0.4, -0.2) is 20.7 Å². The highest BCUT2D eigenvalue weighted by molar-refractivity contribution is 7.99. The molecule has 3 aromatic rings. The minimum Gasteiger partial charge on any atom is -0.457 e. The molecule has 0 saturated carbocycles. The second-order valence-corrected chi connectivity index (χ2v) is 8.96. The second-order valence-electron chi connectivity index (χ2n) is 5.59. The van der Waals surface area contributed by atoms with E-state index in [1.807, 2.05) is 54.6 Å². The van der Waals surface area contributed by atoms with Crippen molar-refractivity contribution in [2.75, 3.05) is 12.3 Å². The summed E-state index contributed by atoms with van der Waals surface area (Å²) in [5.74, 6) is 1.90. The largest absolute Gasteiger partial charge is 0.457 e. The Hall–Kier alpha value is -1.99. The first-order valence-corrected chi connectivity index (χ1v) is 11.1. The highest BCUT2D eigenvalue weighted by Crippen LogP contribution is 2.23. The number of thioether (sulfide) groups is 1. The standard InChI is InChI=1S/C20H18ClNO3S2/c21-16-6-10-19(11-7-16)26-15-14-22-27(23,24)20-12-8-18(9-13-20)25-17-4-2-1-3-5-17/h1-13,22H,14-15H2. The molecule has 0 unspecified atom stereocenters. The van der Waals surface area contributed by atoms with Crippen LogP contribution in [0.25, 0.3) is 0 Å². The number of halogens is 1. The van der Waals surface area contributed by atoms with Crippen molar-refractivity contribution in [3.8, 4) is 11.5 Å². The van der Waals surface area contributed by atoms with Gasteiger partial charge in [0.2, 0.25) is 10.0 Å². The fourth-order valence-corrected chi connectivity index (χ4v) is 4.33. The van der Waals surface area contributed by atoms with E-state index in [1.54, 1.807) is 23.9 Å². The minimum absolute atomic E-state index is 0.208. The molecule has 1 N–H and O–H groups in total. The molecule has 140 valence electrons. The molecule has 0 bridgehead atoms. The van der Waals surface area contributed by atoms with Crippen LogP contribution in [0.15, 0.2) is 88.7 Å². The van der Waals surface area contributed by atoms with E-state index >= 15 is 0 Å². The Morgan fingerprint density at radius 2 is 1.48 bits per heavy atom. The van der Waals surface area contributed by atoms with Crippen LogP contribution in [-0.2, 0) is 10.0 Å². The van der Waals surface area contributed by atoms with Crippen molar-refractivity contribution in [1.29, 1.82) is 0 Å². The average Bonchev–Trinajstić information content (AvgIpc) is 2.68. The molecule has 0 aromatic heterocycles. The molecule has 7 heteroatoms. The Kier molecular flexibility index (Phi) is 6.79. The Bertz CT molecular complexity index is 960. The first-order chi connectivity index (χ1) is 13.0. The third-order valence-electron chi connectivity index (χ3n) is 3.59. The van der Waals surface area contributed by atoms with Crippen molar-refractivity contribution in [2.24, 2.45) is 0 Å². The molecule has 3 rings (SSSR count). The van der Waals surface area contributed by atoms with Gasteiger partial charge in [0.1, 0.15) is 11.5 Å². The van der Waals surface area contributed by atoms with E-state index in [2.05, 4.69) is 4.72 Å². The van der Waals surface area contributed by atoms with Crippen LogP contribution in [0.4, 0.5) is 0 Å². The maximum Gasteiger partial charge on any atom is 0.240 e. The van der Waals surface area contributed by atoms with Crippen molar-refractivity contribution < 1.29 is 13.2 Å². The van der Waals surface area contributed by atoms with Crippen LogP contribution in [0.3, 0.4) is 0 Å². The third kappa shape index (κ3) is 6.01. The summed E-state index contributed by atoms with van der Waals surface area (Å²) in [4.78, 5) is 1.25. The Morgan fingerprint density at radius 1 is 0.852 bits per heavy atom. The maximum absolute atomic E-state index is 12.4. The van der Waals surface area contributed by atoms with Gasteiger partial charge in [-0.3, -0.25) is 0 Å². The zero-order chi connectivity index (χ0) is 19.1. The van der Waals surface area contributed by atoms with Gasteiger partial charge in [0, 0.05) is 22.2 Å². The first-order valence-electron chi connectivity index (χ1n) is 8.24. The molecule has 0 aliphatic carbocycles. The predicted molar refractivity (Wildman–Crippen MR) is 110 cm³/mol. The van der Waals surface area contributed by atoms with Crippen LogP contribution in [0.2, 0.25) is 5.02 Å². The van der Waals surface area contributed by atoms with Crippen molar-refractivity contribution in [1.82, 2.24) is 4.72 Å². The molecule has 0 atom stereocenters. The van der Waals surface area contributed by atoms with E-state index in [0.717, 1.165) is 4.90 Å². The smallest absolute Gasteiger partial charge is 0.240 e. The number of sulfonamides is 1. The van der Waals surface area contributed by atoms with Crippen LogP contribution >= 0.6 is 23.4 Å². The van der Waals surface area contributed by atoms with Gasteiger partial charge in [0.25, 0.3) is 0 Å². The number of ether oxygens (including phenoxy) is 1. The topological polar surface area (TPSA) is 55.4 Å². The fraction of sp³-hybridized carbons (Fsp3) is 0.100. The SMILES string of the molecule is O=S(=O)(NCCSc1ccc(Cl)cc1)c1ccc(Oc2ccccc2)cc1. The van der Waals surface area contributed by atoms with E-state index in [9.17, 15) is 8.42 Å². The molecule has 0 radical (unpaired) electrons. The predicted octanol–water partition coefficient (Wildman–Crippen LogP) is 5.20. The van der Waals surface area contributed by atoms with Crippen LogP contribution in [0.1, 0.15) is 0 Å². The highest BCUT2D eigenvalue weighted by Gasteiger charge is 2.13. The molecule has 0 heterocycles. The van der Waals surface area contributed by atoms with E-state index in [-0.39, 0.29) is 4.90 Å². The van der Waals surface area contributed by atoms with Gasteiger partial charge in [-0.2, -0.15) is 0 Å². The van der Waals surface area contributed by atoms with Gasteiger partial charge >= 0.3 is 0 Å². The summed E-state index contributed by atoms with van der Waals surface area (Å²) >= 11 is 7.41. The number of hydrogen-bond acceptors (Lipinski definition) is 4. The highest BCUT2D eigenvalue weighted by atomic mass is 35.5. The fourth-order valence-electron chi connectivity index (χ4n) is 2.27. The maximum atomic E-state index is 12.4. The van der Waals surface area contributed by atoms with Gasteiger partial charge in [-0.15, -0.1) is 11.8 Å². The van der Waals surface area contributed by atoms with Gasteiger partial charge < -0.3 is 4.74 Å². The van der Waals surface area contributed by atoms with Gasteiger partial charge in [-0.05, 0) is 60.7 Å². The molecule has 0 aliphatic heterocycles. The molecule has 27 heavy (non-hydrogen) atoms. The Labute approximate surface area is 168 Å². The van der Waals surface area contributed by atoms with E-state index in [0.29, 0.717) is 28.8 Å². The number of nitrogens with one attached hydrogen (secondary N) is 1. The summed E-state index contributed by atoms with van der Waals surface area (Å²) < 4.78 is 33.0. The Morgan fingerprint density at radius 3 is 2.15 bits per heavy atom. The van der Waals surface area contributed by atoms with Crippen molar-refractivity contribution in [3.05, 3.63) is 83.9 Å². The lowest BCUT2D eigenvalue weighted by atomic mass is 10.3. The number of hydrogen-bond donors (Lipinski definition) is 1. The minimum atomic E-state index is -3.55. The van der Waals surface area contributed by atoms with Crippen molar-refractivity contribution in [3.63, 3.8) is 0 Å². The van der Waals surface area contributed by atoms with Gasteiger partial charge in [0.05, 0.1) is 4.90 Å². The molecule has 4 nitrogen and oxygen atoms in total. The first kappa shape index (κ1) is 19.8. The summed E-state index contributed by atoms with van der Waals surface area (Å²) in [5, 5.41) is 0.680. The van der Waals surface area contributed by atoms with Crippen LogP contribution in [0, 0.1) is 0 Å². The van der Waals surface area contributed by atoms with Crippen LogP contribution in [0.5, 0.6) is 11.5 Å². The zero-order valence-electron chi connectivity index (χ0n) is 14.3. The molecule has 0 amide bonds. The summed E-state index contributed by atoms with van der Waals surface area (Å²) in [5.41, 5.74) is 0. The quantitative estimate of drug-likeness (QED) is 0.402.